The summed E-state index contributed by atoms with van der Waals surface area (Å²) in [4.78, 5) is 13.7. The molecule has 3 aliphatic heterocycles. The van der Waals surface area contributed by atoms with E-state index < -0.39 is 32.6 Å². The van der Waals surface area contributed by atoms with Crippen molar-refractivity contribution in [2.24, 2.45) is 0 Å². The number of carbonyl (C=O) groups is 1. The van der Waals surface area contributed by atoms with E-state index in [-0.39, 0.29) is 19.2 Å². The first-order chi connectivity index (χ1) is 9.11. The number of amides is 1. The molecule has 0 aromatic rings. The summed E-state index contributed by atoms with van der Waals surface area (Å²) < 4.78 is 37.7. The van der Waals surface area contributed by atoms with Gasteiger partial charge in [-0.3, -0.25) is 0 Å². The van der Waals surface area contributed by atoms with Crippen LogP contribution >= 0.6 is 0 Å². The zero-order chi connectivity index (χ0) is 14.8. The van der Waals surface area contributed by atoms with Gasteiger partial charge in [0, 0.05) is 6.54 Å². The van der Waals surface area contributed by atoms with Crippen molar-refractivity contribution in [2.45, 2.75) is 49.7 Å². The van der Waals surface area contributed by atoms with E-state index in [1.54, 1.807) is 4.90 Å². The number of sulfonamides is 1. The smallest absolute Gasteiger partial charge is 0.410 e. The summed E-state index contributed by atoms with van der Waals surface area (Å²) in [6, 6.07) is 0. The number of likely N-dealkylation sites (tertiary alicyclic amines) is 1. The first kappa shape index (κ1) is 14.1. The van der Waals surface area contributed by atoms with Crippen LogP contribution < -0.4 is 4.72 Å². The molecule has 3 rings (SSSR count). The SMILES string of the molecule is CC(C)(C)OC(=O)N1CC2CC3C(CNS3(=O)=O)(C1)O2. The van der Waals surface area contributed by atoms with Crippen LogP contribution in [0, 0.1) is 0 Å². The molecule has 7 nitrogen and oxygen atoms in total. The summed E-state index contributed by atoms with van der Waals surface area (Å²) in [6.45, 7) is 6.31. The highest BCUT2D eigenvalue weighted by atomic mass is 32.2. The van der Waals surface area contributed by atoms with Crippen LogP contribution in [0.15, 0.2) is 0 Å². The third-order valence-corrected chi connectivity index (χ3v) is 5.86. The summed E-state index contributed by atoms with van der Waals surface area (Å²) in [5, 5.41) is -0.563. The van der Waals surface area contributed by atoms with Gasteiger partial charge in [0.05, 0.1) is 19.2 Å². The van der Waals surface area contributed by atoms with Crippen molar-refractivity contribution in [2.75, 3.05) is 19.6 Å². The minimum absolute atomic E-state index is 0.224. The number of morpholine rings is 1. The Labute approximate surface area is 118 Å². The van der Waals surface area contributed by atoms with Crippen LogP contribution in [0.5, 0.6) is 0 Å². The average molecular weight is 304 g/mol. The minimum atomic E-state index is -3.33. The van der Waals surface area contributed by atoms with E-state index in [4.69, 9.17) is 9.47 Å². The van der Waals surface area contributed by atoms with Crippen LogP contribution in [-0.4, -0.2) is 61.6 Å². The monoisotopic (exact) mass is 304 g/mol. The molecule has 3 atom stereocenters. The van der Waals surface area contributed by atoms with Crippen molar-refractivity contribution in [1.29, 1.82) is 0 Å². The summed E-state index contributed by atoms with van der Waals surface area (Å²) >= 11 is 0. The van der Waals surface area contributed by atoms with Crippen molar-refractivity contribution < 1.29 is 22.7 Å². The summed E-state index contributed by atoms with van der Waals surface area (Å²) in [7, 11) is -3.33. The topological polar surface area (TPSA) is 84.9 Å². The maximum atomic E-state index is 12.2. The summed E-state index contributed by atoms with van der Waals surface area (Å²) in [5.74, 6) is 0. The predicted molar refractivity (Wildman–Crippen MR) is 70.7 cm³/mol. The Bertz CT molecular complexity index is 541. The number of nitrogens with zero attached hydrogens (tertiary/aromatic N) is 1. The predicted octanol–water partition coefficient (Wildman–Crippen LogP) is 0.0664. The Morgan fingerprint density at radius 3 is 2.80 bits per heavy atom. The molecule has 20 heavy (non-hydrogen) atoms. The number of hydrogen-bond donors (Lipinski definition) is 1. The zero-order valence-corrected chi connectivity index (χ0v) is 12.7. The normalized spacial score (nSPS) is 38.6. The van der Waals surface area contributed by atoms with E-state index in [2.05, 4.69) is 4.72 Å². The highest BCUT2D eigenvalue weighted by Crippen LogP contribution is 2.43. The van der Waals surface area contributed by atoms with Crippen molar-refractivity contribution in [3.05, 3.63) is 0 Å². The third kappa shape index (κ3) is 2.19. The molecule has 1 spiro atoms. The quantitative estimate of drug-likeness (QED) is 0.684. The zero-order valence-electron chi connectivity index (χ0n) is 11.9. The molecule has 1 amide bonds. The lowest BCUT2D eigenvalue weighted by atomic mass is 10.00. The highest BCUT2D eigenvalue weighted by Gasteiger charge is 2.63. The van der Waals surface area contributed by atoms with Crippen LogP contribution in [0.2, 0.25) is 0 Å². The number of fused-ring (bicyclic) bond motifs is 1. The second kappa shape index (κ2) is 4.08. The van der Waals surface area contributed by atoms with E-state index in [0.717, 1.165) is 0 Å². The van der Waals surface area contributed by atoms with Gasteiger partial charge in [0.2, 0.25) is 10.0 Å². The molecule has 0 radical (unpaired) electrons. The Morgan fingerprint density at radius 1 is 1.45 bits per heavy atom. The lowest BCUT2D eigenvalue weighted by Gasteiger charge is -2.39. The van der Waals surface area contributed by atoms with Crippen LogP contribution in [0.3, 0.4) is 0 Å². The Kier molecular flexibility index (Phi) is 2.88. The molecule has 0 aliphatic carbocycles. The first-order valence-electron chi connectivity index (χ1n) is 6.76. The maximum Gasteiger partial charge on any atom is 0.410 e. The molecular formula is C12H20N2O5S. The van der Waals surface area contributed by atoms with Crippen molar-refractivity contribution in [3.63, 3.8) is 0 Å². The van der Waals surface area contributed by atoms with Gasteiger partial charge in [-0.1, -0.05) is 0 Å². The fourth-order valence-electron chi connectivity index (χ4n) is 3.20. The van der Waals surface area contributed by atoms with E-state index in [9.17, 15) is 13.2 Å². The van der Waals surface area contributed by atoms with Crippen LogP contribution in [0.25, 0.3) is 0 Å². The largest absolute Gasteiger partial charge is 0.444 e. The van der Waals surface area contributed by atoms with Crippen molar-refractivity contribution in [1.82, 2.24) is 9.62 Å². The van der Waals surface area contributed by atoms with Gasteiger partial charge in [-0.2, -0.15) is 0 Å². The van der Waals surface area contributed by atoms with Gasteiger partial charge in [-0.05, 0) is 27.2 Å². The van der Waals surface area contributed by atoms with Gasteiger partial charge in [-0.25, -0.2) is 17.9 Å². The van der Waals surface area contributed by atoms with E-state index >= 15 is 0 Å². The summed E-state index contributed by atoms with van der Waals surface area (Å²) in [5.41, 5.74) is -1.37. The molecule has 3 saturated heterocycles. The second-order valence-corrected chi connectivity index (χ2v) is 8.70. The molecule has 3 aliphatic rings. The molecule has 2 bridgehead atoms. The standard InChI is InChI=1S/C12H20N2O5S/c1-11(2,3)19-10(15)14-5-8-4-9-12(7-14,18-8)6-13-20(9,16)17/h8-9,13H,4-7H2,1-3H3. The Hall–Kier alpha value is -0.860. The van der Waals surface area contributed by atoms with E-state index in [1.165, 1.54) is 0 Å². The van der Waals surface area contributed by atoms with E-state index in [0.29, 0.717) is 13.0 Å². The fraction of sp³-hybridized carbons (Fsp3) is 0.917. The molecule has 0 aromatic heterocycles. The van der Waals surface area contributed by atoms with Crippen molar-refractivity contribution in [3.8, 4) is 0 Å². The molecule has 3 unspecified atom stereocenters. The number of hydrogen-bond acceptors (Lipinski definition) is 5. The van der Waals surface area contributed by atoms with Gasteiger partial charge in [0.15, 0.2) is 0 Å². The molecule has 3 heterocycles. The lowest BCUT2D eigenvalue weighted by molar-refractivity contribution is -0.101. The molecule has 3 fully saturated rings. The third-order valence-electron chi connectivity index (χ3n) is 3.95. The van der Waals surface area contributed by atoms with Gasteiger partial charge < -0.3 is 14.4 Å². The van der Waals surface area contributed by atoms with Crippen LogP contribution in [0.4, 0.5) is 4.79 Å². The number of ether oxygens (including phenoxy) is 2. The first-order valence-corrected chi connectivity index (χ1v) is 8.30. The summed E-state index contributed by atoms with van der Waals surface area (Å²) in [6.07, 6.45) is -0.192. The lowest BCUT2D eigenvalue weighted by Crippen LogP contribution is -2.57. The maximum absolute atomic E-state index is 12.2. The van der Waals surface area contributed by atoms with Gasteiger partial charge in [-0.15, -0.1) is 0 Å². The molecule has 8 heteroatoms. The van der Waals surface area contributed by atoms with Crippen LogP contribution in [0.1, 0.15) is 27.2 Å². The van der Waals surface area contributed by atoms with Gasteiger partial charge >= 0.3 is 6.09 Å². The molecular weight excluding hydrogens is 284 g/mol. The van der Waals surface area contributed by atoms with Gasteiger partial charge in [0.25, 0.3) is 0 Å². The Morgan fingerprint density at radius 2 is 2.15 bits per heavy atom. The highest BCUT2D eigenvalue weighted by molar-refractivity contribution is 7.90. The molecule has 1 N–H and O–H groups in total. The Balaban J connectivity index is 1.79. The minimum Gasteiger partial charge on any atom is -0.444 e. The fourth-order valence-corrected chi connectivity index (χ4v) is 5.10. The van der Waals surface area contributed by atoms with Crippen molar-refractivity contribution >= 4 is 16.1 Å². The average Bonchev–Trinajstić information content (AvgIpc) is 2.68. The van der Waals surface area contributed by atoms with Crippen LogP contribution in [-0.2, 0) is 19.5 Å². The molecule has 114 valence electrons. The van der Waals surface area contributed by atoms with E-state index in [1.807, 2.05) is 20.8 Å². The number of nitrogens with one attached hydrogen (secondary N) is 1. The number of carbonyl (C=O) groups excluding carboxylic acids is 1. The molecule has 0 aromatic carbocycles. The van der Waals surface area contributed by atoms with Gasteiger partial charge in [0.1, 0.15) is 16.5 Å². The number of rotatable bonds is 0. The molecule has 0 saturated carbocycles. The second-order valence-electron chi connectivity index (χ2n) is 6.76.